The molecule has 1 saturated heterocycles. The van der Waals surface area contributed by atoms with E-state index in [0.29, 0.717) is 11.8 Å². The monoisotopic (exact) mass is 310 g/mol. The Bertz CT molecular complexity index is 776. The van der Waals surface area contributed by atoms with Gasteiger partial charge >= 0.3 is 0 Å². The molecule has 2 atom stereocenters. The maximum absolute atomic E-state index is 12.6. The Morgan fingerprint density at radius 1 is 1.26 bits per heavy atom. The number of fused-ring (bicyclic) bond motifs is 2. The average Bonchev–Trinajstić information content (AvgIpc) is 3.00. The molecule has 2 unspecified atom stereocenters. The van der Waals surface area contributed by atoms with Gasteiger partial charge < -0.3 is 10.6 Å². The molecule has 1 saturated carbocycles. The summed E-state index contributed by atoms with van der Waals surface area (Å²) in [7, 11) is 0. The molecule has 1 aromatic carbocycles. The molecule has 1 aromatic heterocycles. The fourth-order valence-corrected chi connectivity index (χ4v) is 3.99. The van der Waals surface area contributed by atoms with E-state index in [2.05, 4.69) is 20.6 Å². The molecule has 5 heteroatoms. The number of piperidine rings is 1. The lowest BCUT2D eigenvalue weighted by molar-refractivity contribution is -0.124. The number of hydrogen-bond acceptors (Lipinski definition) is 4. The third-order valence-corrected chi connectivity index (χ3v) is 5.29. The summed E-state index contributed by atoms with van der Waals surface area (Å²) in [4.78, 5) is 21.5. The molecule has 0 radical (unpaired) electrons. The van der Waals surface area contributed by atoms with Gasteiger partial charge in [-0.25, -0.2) is 9.97 Å². The summed E-state index contributed by atoms with van der Waals surface area (Å²) in [6.07, 6.45) is 1.59. The van der Waals surface area contributed by atoms with Gasteiger partial charge in [0.05, 0.1) is 16.7 Å². The second kappa shape index (κ2) is 4.99. The van der Waals surface area contributed by atoms with Gasteiger partial charge in [0.15, 0.2) is 0 Å². The number of aryl methyl sites for hydroxylation is 1. The van der Waals surface area contributed by atoms with Crippen molar-refractivity contribution in [3.8, 4) is 0 Å². The third-order valence-electron chi connectivity index (χ3n) is 5.29. The molecule has 2 aliphatic rings. The van der Waals surface area contributed by atoms with E-state index in [1.54, 1.807) is 6.33 Å². The van der Waals surface area contributed by atoms with Crippen LogP contribution in [0.25, 0.3) is 10.9 Å². The standard InChI is InChI=1S/C18H22N4O/c1-10-5-4-6-11-15(10)20-9-21-16(11)18(2,3)22-17(23)14-12-7-19-8-13(12)14/h4-6,9,12-14,19H,7-8H2,1-3H3,(H,22,23). The number of hydrogen-bond donors (Lipinski definition) is 2. The Hall–Kier alpha value is -2.01. The minimum absolute atomic E-state index is 0.158. The van der Waals surface area contributed by atoms with Crippen molar-refractivity contribution in [3.05, 3.63) is 35.8 Å². The van der Waals surface area contributed by atoms with Crippen LogP contribution in [0.1, 0.15) is 25.1 Å². The van der Waals surface area contributed by atoms with Crippen molar-refractivity contribution >= 4 is 16.8 Å². The highest BCUT2D eigenvalue weighted by Crippen LogP contribution is 2.49. The zero-order valence-electron chi connectivity index (χ0n) is 13.8. The zero-order valence-corrected chi connectivity index (χ0v) is 13.8. The molecule has 1 aliphatic carbocycles. The molecule has 2 N–H and O–H groups in total. The Morgan fingerprint density at radius 2 is 2.00 bits per heavy atom. The highest BCUT2D eigenvalue weighted by atomic mass is 16.2. The first-order valence-electron chi connectivity index (χ1n) is 8.22. The second-order valence-electron chi connectivity index (χ2n) is 7.32. The summed E-state index contributed by atoms with van der Waals surface area (Å²) in [5.74, 6) is 1.38. The molecule has 2 heterocycles. The van der Waals surface area contributed by atoms with Crippen molar-refractivity contribution in [3.63, 3.8) is 0 Å². The number of aromatic nitrogens is 2. The van der Waals surface area contributed by atoms with Crippen LogP contribution in [-0.2, 0) is 10.3 Å². The van der Waals surface area contributed by atoms with Gasteiger partial charge in [-0.2, -0.15) is 0 Å². The van der Waals surface area contributed by atoms with Gasteiger partial charge in [-0.15, -0.1) is 0 Å². The summed E-state index contributed by atoms with van der Waals surface area (Å²) < 4.78 is 0. The number of carbonyl (C=O) groups is 1. The van der Waals surface area contributed by atoms with E-state index >= 15 is 0 Å². The van der Waals surface area contributed by atoms with E-state index in [1.165, 1.54) is 0 Å². The molecule has 2 fully saturated rings. The molecule has 2 aromatic rings. The maximum Gasteiger partial charge on any atom is 0.224 e. The van der Waals surface area contributed by atoms with Crippen molar-refractivity contribution in [1.82, 2.24) is 20.6 Å². The van der Waals surface area contributed by atoms with Crippen molar-refractivity contribution in [1.29, 1.82) is 0 Å². The van der Waals surface area contributed by atoms with Crippen LogP contribution in [0.5, 0.6) is 0 Å². The summed E-state index contributed by atoms with van der Waals surface area (Å²) in [5, 5.41) is 7.56. The number of carbonyl (C=O) groups excluding carboxylic acids is 1. The maximum atomic E-state index is 12.6. The van der Waals surface area contributed by atoms with Gasteiger partial charge in [-0.3, -0.25) is 4.79 Å². The van der Waals surface area contributed by atoms with E-state index in [1.807, 2.05) is 39.0 Å². The molecule has 120 valence electrons. The van der Waals surface area contributed by atoms with Gasteiger partial charge in [-0.05, 0) is 51.3 Å². The topological polar surface area (TPSA) is 66.9 Å². The van der Waals surface area contributed by atoms with Crippen LogP contribution in [0, 0.1) is 24.7 Å². The molecule has 1 amide bonds. The third kappa shape index (κ3) is 2.30. The highest BCUT2D eigenvalue weighted by Gasteiger charge is 2.57. The van der Waals surface area contributed by atoms with Crippen LogP contribution >= 0.6 is 0 Å². The van der Waals surface area contributed by atoms with Crippen molar-refractivity contribution in [2.24, 2.45) is 17.8 Å². The summed E-state index contributed by atoms with van der Waals surface area (Å²) >= 11 is 0. The minimum atomic E-state index is -0.517. The lowest BCUT2D eigenvalue weighted by atomic mass is 9.95. The van der Waals surface area contributed by atoms with Crippen LogP contribution in [0.4, 0.5) is 0 Å². The fraction of sp³-hybridized carbons (Fsp3) is 0.500. The Balaban J connectivity index is 1.63. The van der Waals surface area contributed by atoms with Crippen LogP contribution in [0.3, 0.4) is 0 Å². The Morgan fingerprint density at radius 3 is 2.74 bits per heavy atom. The van der Waals surface area contributed by atoms with Crippen molar-refractivity contribution in [2.45, 2.75) is 26.3 Å². The number of nitrogens with one attached hydrogen (secondary N) is 2. The van der Waals surface area contributed by atoms with Crippen molar-refractivity contribution in [2.75, 3.05) is 13.1 Å². The lowest BCUT2D eigenvalue weighted by Crippen LogP contribution is -2.43. The SMILES string of the molecule is Cc1cccc2c(C(C)(C)NC(=O)C3C4CNCC43)ncnc12. The average molecular weight is 310 g/mol. The first-order valence-corrected chi connectivity index (χ1v) is 8.22. The number of para-hydroxylation sites is 1. The van der Waals surface area contributed by atoms with Gasteiger partial charge in [0, 0.05) is 11.3 Å². The number of benzene rings is 1. The number of amides is 1. The summed E-state index contributed by atoms with van der Waals surface area (Å²) in [5.41, 5.74) is 2.43. The van der Waals surface area contributed by atoms with Crippen molar-refractivity contribution < 1.29 is 4.79 Å². The molecular weight excluding hydrogens is 288 g/mol. The second-order valence-corrected chi connectivity index (χ2v) is 7.32. The predicted molar refractivity (Wildman–Crippen MR) is 88.8 cm³/mol. The summed E-state index contributed by atoms with van der Waals surface area (Å²) in [6, 6.07) is 6.09. The summed E-state index contributed by atoms with van der Waals surface area (Å²) in [6.45, 7) is 8.03. The molecule has 23 heavy (non-hydrogen) atoms. The molecular formula is C18H22N4O. The normalized spacial score (nSPS) is 26.1. The zero-order chi connectivity index (χ0) is 16.2. The van der Waals surface area contributed by atoms with Crippen LogP contribution in [0.2, 0.25) is 0 Å². The van der Waals surface area contributed by atoms with E-state index < -0.39 is 5.54 Å². The minimum Gasteiger partial charge on any atom is -0.345 e. The fourth-order valence-electron chi connectivity index (χ4n) is 3.99. The number of rotatable bonds is 3. The molecule has 5 nitrogen and oxygen atoms in total. The lowest BCUT2D eigenvalue weighted by Gasteiger charge is -2.27. The van der Waals surface area contributed by atoms with E-state index in [9.17, 15) is 4.79 Å². The molecule has 1 aliphatic heterocycles. The van der Waals surface area contributed by atoms with Gasteiger partial charge in [0.2, 0.25) is 5.91 Å². The highest BCUT2D eigenvalue weighted by molar-refractivity contribution is 5.87. The van der Waals surface area contributed by atoms with E-state index in [-0.39, 0.29) is 11.8 Å². The first kappa shape index (κ1) is 14.6. The smallest absolute Gasteiger partial charge is 0.224 e. The molecule has 0 bridgehead atoms. The predicted octanol–water partition coefficient (Wildman–Crippen LogP) is 1.75. The van der Waals surface area contributed by atoms with Gasteiger partial charge in [0.1, 0.15) is 6.33 Å². The van der Waals surface area contributed by atoms with Crippen LogP contribution < -0.4 is 10.6 Å². The molecule has 0 spiro atoms. The Kier molecular flexibility index (Phi) is 3.17. The van der Waals surface area contributed by atoms with Crippen LogP contribution in [0.15, 0.2) is 24.5 Å². The molecule has 4 rings (SSSR count). The van der Waals surface area contributed by atoms with Gasteiger partial charge in [-0.1, -0.05) is 18.2 Å². The van der Waals surface area contributed by atoms with Gasteiger partial charge in [0.25, 0.3) is 0 Å². The van der Waals surface area contributed by atoms with E-state index in [4.69, 9.17) is 0 Å². The Labute approximate surface area is 135 Å². The van der Waals surface area contributed by atoms with E-state index in [0.717, 1.165) is 35.2 Å². The largest absolute Gasteiger partial charge is 0.345 e. The van der Waals surface area contributed by atoms with Crippen LogP contribution in [-0.4, -0.2) is 29.0 Å². The quantitative estimate of drug-likeness (QED) is 0.906. The number of nitrogens with zero attached hydrogens (tertiary/aromatic N) is 2. The first-order chi connectivity index (χ1) is 11.0.